The molecule has 4 nitrogen and oxygen atoms in total. The molecule has 0 bridgehead atoms. The van der Waals surface area contributed by atoms with Gasteiger partial charge in [-0.1, -0.05) is 47.5 Å². The second kappa shape index (κ2) is 11.9. The number of carbonyl (C=O) groups is 1. The van der Waals surface area contributed by atoms with Gasteiger partial charge in [-0.2, -0.15) is 0 Å². The van der Waals surface area contributed by atoms with Crippen molar-refractivity contribution in [2.45, 2.75) is 56.9 Å². The third-order valence-corrected chi connectivity index (χ3v) is 8.88. The van der Waals surface area contributed by atoms with E-state index >= 15 is 0 Å². The van der Waals surface area contributed by atoms with Crippen molar-refractivity contribution in [3.05, 3.63) is 75.9 Å². The van der Waals surface area contributed by atoms with E-state index in [1.165, 1.54) is 68.1 Å². The molecular formula is C30H35Cl2N3O. The predicted molar refractivity (Wildman–Crippen MR) is 151 cm³/mol. The number of fused-ring (bicyclic) bond motifs is 1. The number of aromatic amines is 1. The number of piperidine rings is 1. The molecule has 2 fully saturated rings. The Morgan fingerprint density at radius 1 is 1.00 bits per heavy atom. The fraction of sp³-hybridized carbons (Fsp3) is 0.433. The average molecular weight is 525 g/mol. The summed E-state index contributed by atoms with van der Waals surface area (Å²) in [7, 11) is 0. The molecule has 0 spiro atoms. The van der Waals surface area contributed by atoms with E-state index in [2.05, 4.69) is 45.7 Å². The van der Waals surface area contributed by atoms with Gasteiger partial charge in [0.25, 0.3) is 0 Å². The number of nitrogens with one attached hydrogen (secondary N) is 2. The normalized spacial score (nSPS) is 21.8. The molecule has 36 heavy (non-hydrogen) atoms. The van der Waals surface area contributed by atoms with Crippen LogP contribution in [-0.2, 0) is 4.79 Å². The highest BCUT2D eigenvalue weighted by Gasteiger charge is 2.30. The van der Waals surface area contributed by atoms with Crippen LogP contribution in [0.15, 0.2) is 54.7 Å². The fourth-order valence-corrected chi connectivity index (χ4v) is 6.36. The van der Waals surface area contributed by atoms with Crippen LogP contribution in [0.4, 0.5) is 0 Å². The van der Waals surface area contributed by atoms with Gasteiger partial charge in [-0.25, -0.2) is 0 Å². The van der Waals surface area contributed by atoms with Crippen LogP contribution in [0.25, 0.3) is 17.0 Å². The predicted octanol–water partition coefficient (Wildman–Crippen LogP) is 7.43. The third kappa shape index (κ3) is 6.16. The Labute approximate surface area is 224 Å². The Morgan fingerprint density at radius 2 is 1.78 bits per heavy atom. The van der Waals surface area contributed by atoms with E-state index in [9.17, 15) is 4.79 Å². The maximum absolute atomic E-state index is 12.2. The van der Waals surface area contributed by atoms with Gasteiger partial charge in [0, 0.05) is 35.8 Å². The van der Waals surface area contributed by atoms with Crippen LogP contribution in [0, 0.1) is 5.92 Å². The maximum Gasteiger partial charge on any atom is 0.243 e. The molecule has 1 saturated carbocycles. The zero-order valence-corrected chi connectivity index (χ0v) is 22.2. The number of hydrogen-bond donors (Lipinski definition) is 2. The lowest BCUT2D eigenvalue weighted by Crippen LogP contribution is -2.43. The molecule has 1 amide bonds. The number of carbonyl (C=O) groups excluding carboxylic acids is 1. The molecule has 1 aromatic heterocycles. The Bertz CT molecular complexity index is 1200. The first kappa shape index (κ1) is 25.4. The third-order valence-electron chi connectivity index (χ3n) is 8.15. The Morgan fingerprint density at radius 3 is 2.56 bits per heavy atom. The van der Waals surface area contributed by atoms with E-state index in [4.69, 9.17) is 23.2 Å². The fourth-order valence-electron chi connectivity index (χ4n) is 6.05. The van der Waals surface area contributed by atoms with Crippen molar-refractivity contribution < 1.29 is 4.79 Å². The van der Waals surface area contributed by atoms with E-state index in [1.807, 2.05) is 6.07 Å². The smallest absolute Gasteiger partial charge is 0.243 e. The molecule has 5 rings (SSSR count). The van der Waals surface area contributed by atoms with Crippen molar-refractivity contribution in [2.75, 3.05) is 19.6 Å². The summed E-state index contributed by atoms with van der Waals surface area (Å²) in [4.78, 5) is 18.4. The minimum Gasteiger partial charge on any atom is -0.361 e. The number of benzene rings is 2. The van der Waals surface area contributed by atoms with E-state index in [0.717, 1.165) is 24.6 Å². The molecule has 0 radical (unpaired) electrons. The van der Waals surface area contributed by atoms with Crippen molar-refractivity contribution in [1.29, 1.82) is 0 Å². The summed E-state index contributed by atoms with van der Waals surface area (Å²) < 4.78 is 0. The number of halogens is 2. The molecular weight excluding hydrogens is 489 g/mol. The molecule has 6 heteroatoms. The van der Waals surface area contributed by atoms with Crippen molar-refractivity contribution in [1.82, 2.24) is 15.2 Å². The molecule has 2 N–H and O–H groups in total. The first-order valence-electron chi connectivity index (χ1n) is 13.3. The number of para-hydroxylation sites is 1. The largest absolute Gasteiger partial charge is 0.361 e. The number of likely N-dealkylation sites (tertiary alicyclic amines) is 1. The van der Waals surface area contributed by atoms with Gasteiger partial charge in [-0.05, 0) is 105 Å². The second-order valence-electron chi connectivity index (χ2n) is 10.4. The van der Waals surface area contributed by atoms with Gasteiger partial charge in [0.1, 0.15) is 0 Å². The highest BCUT2D eigenvalue weighted by atomic mass is 35.5. The van der Waals surface area contributed by atoms with Crippen LogP contribution in [0.5, 0.6) is 0 Å². The lowest BCUT2D eigenvalue weighted by atomic mass is 9.82. The van der Waals surface area contributed by atoms with Gasteiger partial charge in [-0.3, -0.25) is 4.79 Å². The lowest BCUT2D eigenvalue weighted by Gasteiger charge is -2.41. The molecule has 2 heterocycles. The average Bonchev–Trinajstić information content (AvgIpc) is 3.34. The molecule has 3 aromatic rings. The van der Waals surface area contributed by atoms with Gasteiger partial charge in [0.15, 0.2) is 0 Å². The van der Waals surface area contributed by atoms with Gasteiger partial charge >= 0.3 is 0 Å². The summed E-state index contributed by atoms with van der Waals surface area (Å²) in [5, 5.41) is 5.44. The highest BCUT2D eigenvalue weighted by Crippen LogP contribution is 2.36. The standard InChI is InChI=1S/C30H35Cl2N3O/c31-27-11-7-22(19-28(27)32)8-12-30(36)33-16-13-21-5-9-24(10-6-21)35-17-14-23(15-18-35)26-20-34-29-4-2-1-3-25(26)29/h1-4,7-8,11-12,19-21,23-24,34H,5-6,9-10,13-18H2,(H,33,36)/b12-8+. The molecule has 190 valence electrons. The molecule has 1 aliphatic carbocycles. The summed E-state index contributed by atoms with van der Waals surface area (Å²) in [5.41, 5.74) is 3.62. The van der Waals surface area contributed by atoms with E-state index in [1.54, 1.807) is 24.3 Å². The van der Waals surface area contributed by atoms with E-state index in [-0.39, 0.29) is 5.91 Å². The van der Waals surface area contributed by atoms with Gasteiger partial charge in [0.05, 0.1) is 10.0 Å². The van der Waals surface area contributed by atoms with E-state index < -0.39 is 0 Å². The van der Waals surface area contributed by atoms with Crippen LogP contribution in [0.2, 0.25) is 10.0 Å². The van der Waals surface area contributed by atoms with Gasteiger partial charge in [0.2, 0.25) is 5.91 Å². The number of aromatic nitrogens is 1. The molecule has 2 aromatic carbocycles. The second-order valence-corrected chi connectivity index (χ2v) is 11.2. The minimum absolute atomic E-state index is 0.0622. The zero-order valence-electron chi connectivity index (χ0n) is 20.7. The Balaban J connectivity index is 1.01. The molecule has 1 saturated heterocycles. The first-order valence-corrected chi connectivity index (χ1v) is 14.0. The van der Waals surface area contributed by atoms with Crippen LogP contribution in [-0.4, -0.2) is 41.5 Å². The molecule has 1 aliphatic heterocycles. The van der Waals surface area contributed by atoms with Crippen molar-refractivity contribution in [3.8, 4) is 0 Å². The highest BCUT2D eigenvalue weighted by molar-refractivity contribution is 6.42. The summed E-state index contributed by atoms with van der Waals surface area (Å²) in [6, 6.07) is 14.8. The summed E-state index contributed by atoms with van der Waals surface area (Å²) in [5.74, 6) is 1.32. The van der Waals surface area contributed by atoms with Crippen molar-refractivity contribution >= 4 is 46.1 Å². The van der Waals surface area contributed by atoms with Crippen LogP contribution < -0.4 is 5.32 Å². The summed E-state index contributed by atoms with van der Waals surface area (Å²) in [6.07, 6.45) is 14.2. The quantitative estimate of drug-likeness (QED) is 0.316. The SMILES string of the molecule is O=C(/C=C/c1ccc(Cl)c(Cl)c1)NCCC1CCC(N2CCC(c3c[nH]c4ccccc34)CC2)CC1. The van der Waals surface area contributed by atoms with Gasteiger partial charge < -0.3 is 15.2 Å². The zero-order chi connectivity index (χ0) is 24.9. The number of amides is 1. The number of rotatable bonds is 7. The lowest BCUT2D eigenvalue weighted by molar-refractivity contribution is -0.116. The first-order chi connectivity index (χ1) is 17.6. The van der Waals surface area contributed by atoms with Crippen LogP contribution in [0.3, 0.4) is 0 Å². The molecule has 0 atom stereocenters. The van der Waals surface area contributed by atoms with Crippen LogP contribution in [0.1, 0.15) is 62.0 Å². The summed E-state index contributed by atoms with van der Waals surface area (Å²) in [6.45, 7) is 3.15. The van der Waals surface area contributed by atoms with Crippen molar-refractivity contribution in [3.63, 3.8) is 0 Å². The van der Waals surface area contributed by atoms with E-state index in [0.29, 0.717) is 21.9 Å². The van der Waals surface area contributed by atoms with Gasteiger partial charge in [-0.15, -0.1) is 0 Å². The maximum atomic E-state index is 12.2. The topological polar surface area (TPSA) is 48.1 Å². The number of H-pyrrole nitrogens is 1. The summed E-state index contributed by atoms with van der Waals surface area (Å²) >= 11 is 12.0. The Hall–Kier alpha value is -2.27. The van der Waals surface area contributed by atoms with Crippen molar-refractivity contribution in [2.24, 2.45) is 5.92 Å². The number of nitrogens with zero attached hydrogens (tertiary/aromatic N) is 1. The molecule has 0 unspecified atom stereocenters. The number of hydrogen-bond acceptors (Lipinski definition) is 2. The monoisotopic (exact) mass is 523 g/mol. The Kier molecular flexibility index (Phi) is 8.36. The minimum atomic E-state index is -0.0622. The molecule has 2 aliphatic rings. The van der Waals surface area contributed by atoms with Crippen LogP contribution >= 0.6 is 23.2 Å².